The fraction of sp³-hybridized carbons (Fsp3) is 0.158. The average Bonchev–Trinajstić information content (AvgIpc) is 3.11. The van der Waals surface area contributed by atoms with Crippen molar-refractivity contribution in [1.82, 2.24) is 9.71 Å². The van der Waals surface area contributed by atoms with Crippen LogP contribution in [0.5, 0.6) is 0 Å². The molecule has 0 aliphatic rings. The third-order valence-corrected chi connectivity index (χ3v) is 6.28. The highest BCUT2D eigenvalue weighted by atomic mass is 32.2. The fourth-order valence-corrected chi connectivity index (χ4v) is 4.28. The van der Waals surface area contributed by atoms with Gasteiger partial charge >= 0.3 is 5.97 Å². The lowest BCUT2D eigenvalue weighted by Crippen LogP contribution is -2.24. The van der Waals surface area contributed by atoms with Gasteiger partial charge in [-0.25, -0.2) is 18.2 Å². The van der Waals surface area contributed by atoms with Gasteiger partial charge in [0.2, 0.25) is 10.0 Å². The van der Waals surface area contributed by atoms with Crippen LogP contribution in [-0.4, -0.2) is 25.9 Å². The first kappa shape index (κ1) is 19.0. The molecule has 0 spiro atoms. The van der Waals surface area contributed by atoms with Gasteiger partial charge in [0.25, 0.3) is 0 Å². The van der Waals surface area contributed by atoms with Crippen molar-refractivity contribution < 1.29 is 17.9 Å². The number of para-hydroxylation sites is 1. The summed E-state index contributed by atoms with van der Waals surface area (Å²) < 4.78 is 33.0. The van der Waals surface area contributed by atoms with Gasteiger partial charge in [-0.05, 0) is 37.3 Å². The van der Waals surface area contributed by atoms with Crippen molar-refractivity contribution in [3.8, 4) is 12.3 Å². The molecule has 0 amide bonds. The standard InChI is InChI=1S/C19H16N2O4S2/c1-3-11-20-27(23,24)15-8-6-7-14(12-15)19(22)25-13(2)18-21-16-9-4-5-10-17(16)26-18/h1,4-10,12-13,20H,11H2,2H3. The summed E-state index contributed by atoms with van der Waals surface area (Å²) >= 11 is 1.45. The highest BCUT2D eigenvalue weighted by molar-refractivity contribution is 7.89. The number of aromatic nitrogens is 1. The van der Waals surface area contributed by atoms with Gasteiger partial charge < -0.3 is 4.74 Å². The zero-order valence-electron chi connectivity index (χ0n) is 14.4. The first-order chi connectivity index (χ1) is 12.9. The Kier molecular flexibility index (Phi) is 5.56. The molecule has 3 rings (SSSR count). The van der Waals surface area contributed by atoms with E-state index in [9.17, 15) is 13.2 Å². The molecule has 138 valence electrons. The first-order valence-corrected chi connectivity index (χ1v) is 10.3. The van der Waals surface area contributed by atoms with E-state index in [-0.39, 0.29) is 17.0 Å². The molecular formula is C19H16N2O4S2. The van der Waals surface area contributed by atoms with E-state index in [1.165, 1.54) is 35.6 Å². The molecule has 0 saturated carbocycles. The van der Waals surface area contributed by atoms with Crippen molar-refractivity contribution >= 4 is 37.5 Å². The molecule has 1 N–H and O–H groups in total. The second kappa shape index (κ2) is 7.88. The number of sulfonamides is 1. The molecule has 0 saturated heterocycles. The highest BCUT2D eigenvalue weighted by Gasteiger charge is 2.20. The van der Waals surface area contributed by atoms with E-state index < -0.39 is 22.1 Å². The number of thiazole rings is 1. The average molecular weight is 400 g/mol. The molecule has 27 heavy (non-hydrogen) atoms. The molecule has 1 atom stereocenters. The van der Waals surface area contributed by atoms with Crippen LogP contribution >= 0.6 is 11.3 Å². The zero-order valence-corrected chi connectivity index (χ0v) is 16.0. The molecule has 0 aliphatic heterocycles. The van der Waals surface area contributed by atoms with Crippen LogP contribution in [0.2, 0.25) is 0 Å². The Morgan fingerprint density at radius 2 is 2.07 bits per heavy atom. The molecule has 2 aromatic carbocycles. The van der Waals surface area contributed by atoms with E-state index >= 15 is 0 Å². The van der Waals surface area contributed by atoms with E-state index in [0.717, 1.165) is 10.2 Å². The SMILES string of the molecule is C#CCNS(=O)(=O)c1cccc(C(=O)OC(C)c2nc3ccccc3s2)c1. The molecule has 6 nitrogen and oxygen atoms in total. The quantitative estimate of drug-likeness (QED) is 0.508. The topological polar surface area (TPSA) is 85.4 Å². The molecule has 0 fully saturated rings. The monoisotopic (exact) mass is 400 g/mol. The summed E-state index contributed by atoms with van der Waals surface area (Å²) in [4.78, 5) is 16.9. The van der Waals surface area contributed by atoms with Crippen molar-refractivity contribution in [1.29, 1.82) is 0 Å². The Hall–Kier alpha value is -2.73. The minimum Gasteiger partial charge on any atom is -0.452 e. The first-order valence-electron chi connectivity index (χ1n) is 8.00. The van der Waals surface area contributed by atoms with Crippen molar-refractivity contribution in [3.05, 3.63) is 59.1 Å². The molecular weight excluding hydrogens is 384 g/mol. The number of terminal acetylenes is 1. The van der Waals surface area contributed by atoms with Crippen LogP contribution in [0.1, 0.15) is 28.4 Å². The molecule has 1 aromatic heterocycles. The minimum absolute atomic E-state index is 0.0557. The molecule has 3 aromatic rings. The van der Waals surface area contributed by atoms with Crippen molar-refractivity contribution in [3.63, 3.8) is 0 Å². The maximum Gasteiger partial charge on any atom is 0.338 e. The number of ether oxygens (including phenoxy) is 1. The molecule has 0 radical (unpaired) electrons. The van der Waals surface area contributed by atoms with Crippen LogP contribution in [0.4, 0.5) is 0 Å². The van der Waals surface area contributed by atoms with Gasteiger partial charge in [0.05, 0.1) is 27.2 Å². The minimum atomic E-state index is -3.79. The summed E-state index contributed by atoms with van der Waals surface area (Å²) in [5.74, 6) is 1.57. The number of fused-ring (bicyclic) bond motifs is 1. The van der Waals surface area contributed by atoms with Gasteiger partial charge in [0, 0.05) is 0 Å². The summed E-state index contributed by atoms with van der Waals surface area (Å²) in [6, 6.07) is 13.3. The van der Waals surface area contributed by atoms with Crippen molar-refractivity contribution in [2.45, 2.75) is 17.9 Å². The lowest BCUT2D eigenvalue weighted by Gasteiger charge is -2.11. The second-order valence-corrected chi connectivity index (χ2v) is 8.45. The summed E-state index contributed by atoms with van der Waals surface area (Å²) in [5, 5.41) is 0.670. The Bertz CT molecular complexity index is 1100. The largest absolute Gasteiger partial charge is 0.452 e. The van der Waals surface area contributed by atoms with Crippen LogP contribution in [0.25, 0.3) is 10.2 Å². The summed E-state index contributed by atoms with van der Waals surface area (Å²) in [6.07, 6.45) is 4.51. The number of nitrogens with zero attached hydrogens (tertiary/aromatic N) is 1. The van der Waals surface area contributed by atoms with E-state index in [1.54, 1.807) is 6.92 Å². The highest BCUT2D eigenvalue weighted by Crippen LogP contribution is 2.28. The molecule has 0 aliphatic carbocycles. The van der Waals surface area contributed by atoms with Gasteiger partial charge in [-0.15, -0.1) is 17.8 Å². The smallest absolute Gasteiger partial charge is 0.338 e. The Morgan fingerprint density at radius 3 is 2.81 bits per heavy atom. The van der Waals surface area contributed by atoms with Crippen LogP contribution < -0.4 is 4.72 Å². The normalized spacial score (nSPS) is 12.4. The Labute approximate surface area is 161 Å². The van der Waals surface area contributed by atoms with E-state index in [0.29, 0.717) is 5.01 Å². The second-order valence-electron chi connectivity index (χ2n) is 5.62. The molecule has 0 bridgehead atoms. The van der Waals surface area contributed by atoms with E-state index in [2.05, 4.69) is 15.6 Å². The van der Waals surface area contributed by atoms with Crippen LogP contribution in [0.15, 0.2) is 53.4 Å². The summed E-state index contributed by atoms with van der Waals surface area (Å²) in [7, 11) is -3.79. The van der Waals surface area contributed by atoms with E-state index in [1.807, 2.05) is 24.3 Å². The van der Waals surface area contributed by atoms with Crippen LogP contribution in [0.3, 0.4) is 0 Å². The number of rotatable bonds is 6. The van der Waals surface area contributed by atoms with E-state index in [4.69, 9.17) is 11.2 Å². The van der Waals surface area contributed by atoms with Gasteiger partial charge in [-0.1, -0.05) is 24.1 Å². The van der Waals surface area contributed by atoms with Gasteiger partial charge in [-0.3, -0.25) is 0 Å². The number of carbonyl (C=O) groups excluding carboxylic acids is 1. The predicted molar refractivity (Wildman–Crippen MR) is 104 cm³/mol. The Balaban J connectivity index is 1.78. The molecule has 1 unspecified atom stereocenters. The maximum absolute atomic E-state index is 12.4. The number of hydrogen-bond donors (Lipinski definition) is 1. The number of nitrogens with one attached hydrogen (secondary N) is 1. The maximum atomic E-state index is 12.4. The zero-order chi connectivity index (χ0) is 19.4. The number of carbonyl (C=O) groups is 1. The molecule has 8 heteroatoms. The van der Waals surface area contributed by atoms with Crippen molar-refractivity contribution in [2.75, 3.05) is 6.54 Å². The predicted octanol–water partition coefficient (Wildman–Crippen LogP) is 3.13. The third-order valence-electron chi connectivity index (χ3n) is 3.69. The van der Waals surface area contributed by atoms with Gasteiger partial charge in [0.15, 0.2) is 6.10 Å². The summed E-state index contributed by atoms with van der Waals surface area (Å²) in [6.45, 7) is 1.59. The van der Waals surface area contributed by atoms with Gasteiger partial charge in [0.1, 0.15) is 5.01 Å². The van der Waals surface area contributed by atoms with Gasteiger partial charge in [-0.2, -0.15) is 4.72 Å². The van der Waals surface area contributed by atoms with Crippen molar-refractivity contribution in [2.24, 2.45) is 0 Å². The number of hydrogen-bond acceptors (Lipinski definition) is 6. The Morgan fingerprint density at radius 1 is 1.30 bits per heavy atom. The number of esters is 1. The third kappa shape index (κ3) is 4.34. The van der Waals surface area contributed by atoms with Crippen LogP contribution in [0, 0.1) is 12.3 Å². The lowest BCUT2D eigenvalue weighted by atomic mass is 10.2. The molecule has 1 heterocycles. The number of benzene rings is 2. The van der Waals surface area contributed by atoms with Crippen LogP contribution in [-0.2, 0) is 14.8 Å². The fourth-order valence-electron chi connectivity index (χ4n) is 2.35. The summed E-state index contributed by atoms with van der Waals surface area (Å²) in [5.41, 5.74) is 0.972. The lowest BCUT2D eigenvalue weighted by molar-refractivity contribution is 0.0337.